The number of carbonyl (C=O) groups is 1. The molecule has 2 aromatic carbocycles. The van der Waals surface area contributed by atoms with Gasteiger partial charge in [0.2, 0.25) is 0 Å². The molecule has 0 saturated carbocycles. The van der Waals surface area contributed by atoms with Gasteiger partial charge in [0.15, 0.2) is 0 Å². The minimum absolute atomic E-state index is 0.170. The van der Waals surface area contributed by atoms with Crippen molar-refractivity contribution in [2.45, 2.75) is 51.0 Å². The maximum atomic E-state index is 11.9. The van der Waals surface area contributed by atoms with E-state index in [1.807, 2.05) is 61.5 Å². The summed E-state index contributed by atoms with van der Waals surface area (Å²) in [6.07, 6.45) is 2.83. The van der Waals surface area contributed by atoms with E-state index in [-0.39, 0.29) is 5.97 Å². The Morgan fingerprint density at radius 1 is 1.12 bits per heavy atom. The highest BCUT2D eigenvalue weighted by molar-refractivity contribution is 9.11. The summed E-state index contributed by atoms with van der Waals surface area (Å²) in [5, 5.41) is 12.2. The van der Waals surface area contributed by atoms with Crippen molar-refractivity contribution in [2.24, 2.45) is 10.1 Å². The van der Waals surface area contributed by atoms with Gasteiger partial charge in [-0.25, -0.2) is 4.99 Å². The third-order valence-corrected chi connectivity index (χ3v) is 5.99. The standard InChI is InChI=1S/C24H31BrN4O2S/c1-3-22(25)24(29-18(2)28-20-12-14-21(32-26)15-13-20)27-16-8-7-11-23(30)31-17-19-9-5-4-6-10-19/h4-6,9-10,12-15,27H,3,7-8,11,16-17,26H2,1-2H3,(H,28,29)/b24-22+. The first-order valence-corrected chi connectivity index (χ1v) is 12.3. The molecule has 0 atom stereocenters. The van der Waals surface area contributed by atoms with Crippen LogP contribution in [0.15, 0.2) is 74.8 Å². The molecular formula is C24H31BrN4O2S. The van der Waals surface area contributed by atoms with Crippen molar-refractivity contribution in [1.82, 2.24) is 5.32 Å². The van der Waals surface area contributed by atoms with Gasteiger partial charge in [0, 0.05) is 28.0 Å². The molecule has 2 aromatic rings. The minimum atomic E-state index is -0.170. The molecule has 0 bridgehead atoms. The second-order valence-electron chi connectivity index (χ2n) is 7.10. The fourth-order valence-electron chi connectivity index (χ4n) is 2.80. The number of unbranched alkanes of at least 4 members (excludes halogenated alkanes) is 1. The molecule has 0 aromatic heterocycles. The van der Waals surface area contributed by atoms with Crippen LogP contribution in [0, 0.1) is 0 Å². The van der Waals surface area contributed by atoms with Crippen molar-refractivity contribution in [2.75, 3.05) is 11.9 Å². The molecule has 8 heteroatoms. The number of nitrogens with two attached hydrogens (primary N) is 1. The molecule has 0 fully saturated rings. The van der Waals surface area contributed by atoms with E-state index in [1.165, 1.54) is 11.9 Å². The van der Waals surface area contributed by atoms with Crippen LogP contribution < -0.4 is 15.8 Å². The molecule has 0 spiro atoms. The van der Waals surface area contributed by atoms with Gasteiger partial charge in [-0.3, -0.25) is 9.93 Å². The summed E-state index contributed by atoms with van der Waals surface area (Å²) < 4.78 is 6.32. The average Bonchev–Trinajstić information content (AvgIpc) is 2.82. The molecule has 2 rings (SSSR count). The van der Waals surface area contributed by atoms with E-state index < -0.39 is 0 Å². The number of carbonyl (C=O) groups excluding carboxylic acids is 1. The summed E-state index contributed by atoms with van der Waals surface area (Å²) in [5.41, 5.74) is 1.95. The molecule has 32 heavy (non-hydrogen) atoms. The van der Waals surface area contributed by atoms with Gasteiger partial charge in [-0.05, 0) is 68.0 Å². The van der Waals surface area contributed by atoms with Crippen molar-refractivity contribution >= 4 is 45.4 Å². The van der Waals surface area contributed by atoms with Gasteiger partial charge >= 0.3 is 5.97 Å². The zero-order valence-corrected chi connectivity index (χ0v) is 21.0. The number of hydrogen-bond donors (Lipinski definition) is 3. The van der Waals surface area contributed by atoms with E-state index in [2.05, 4.69) is 38.5 Å². The van der Waals surface area contributed by atoms with Crippen LogP contribution in [0.4, 0.5) is 5.69 Å². The maximum absolute atomic E-state index is 11.9. The van der Waals surface area contributed by atoms with Crippen LogP contribution in [0.2, 0.25) is 0 Å². The number of halogens is 1. The number of rotatable bonds is 12. The van der Waals surface area contributed by atoms with Gasteiger partial charge in [-0.2, -0.15) is 0 Å². The lowest BCUT2D eigenvalue weighted by molar-refractivity contribution is -0.145. The number of hydrogen-bond acceptors (Lipinski definition) is 6. The molecule has 0 unspecified atom stereocenters. The fourth-order valence-corrected chi connectivity index (χ4v) is 3.32. The van der Waals surface area contributed by atoms with Crippen LogP contribution in [0.1, 0.15) is 45.1 Å². The second-order valence-corrected chi connectivity index (χ2v) is 8.77. The first kappa shape index (κ1) is 26.0. The zero-order chi connectivity index (χ0) is 23.2. The van der Waals surface area contributed by atoms with E-state index in [1.54, 1.807) is 0 Å². The van der Waals surface area contributed by atoms with Gasteiger partial charge in [0.05, 0.1) is 0 Å². The first-order valence-electron chi connectivity index (χ1n) is 10.6. The van der Waals surface area contributed by atoms with Crippen molar-refractivity contribution < 1.29 is 9.53 Å². The third kappa shape index (κ3) is 9.89. The molecule has 172 valence electrons. The molecule has 0 amide bonds. The molecule has 0 aliphatic rings. The normalized spacial score (nSPS) is 12.2. The number of benzene rings is 2. The largest absolute Gasteiger partial charge is 0.461 e. The quantitative estimate of drug-likeness (QED) is 0.105. The van der Waals surface area contributed by atoms with Gasteiger partial charge < -0.3 is 15.4 Å². The van der Waals surface area contributed by atoms with Crippen molar-refractivity contribution in [3.8, 4) is 0 Å². The van der Waals surface area contributed by atoms with Gasteiger partial charge in [0.1, 0.15) is 18.3 Å². The van der Waals surface area contributed by atoms with Crippen molar-refractivity contribution in [3.63, 3.8) is 0 Å². The number of aliphatic imine (C=N–C) groups is 1. The van der Waals surface area contributed by atoms with E-state index in [9.17, 15) is 4.79 Å². The summed E-state index contributed by atoms with van der Waals surface area (Å²) in [6, 6.07) is 17.6. The fraction of sp³-hybridized carbons (Fsp3) is 0.333. The predicted octanol–water partition coefficient (Wildman–Crippen LogP) is 5.96. The molecule has 6 nitrogen and oxygen atoms in total. The van der Waals surface area contributed by atoms with Gasteiger partial charge in [-0.15, -0.1) is 0 Å². The number of allylic oxidation sites excluding steroid dienone is 1. The Labute approximate surface area is 203 Å². The summed E-state index contributed by atoms with van der Waals surface area (Å²) in [5.74, 6) is 1.39. The highest BCUT2D eigenvalue weighted by atomic mass is 79.9. The Hall–Kier alpha value is -2.29. The SMILES string of the molecule is CC/C(Br)=C(\N=C(/C)Nc1ccc(SN)cc1)NCCCCC(=O)OCc1ccccc1. The monoisotopic (exact) mass is 518 g/mol. The molecule has 4 N–H and O–H groups in total. The lowest BCUT2D eigenvalue weighted by atomic mass is 10.2. The van der Waals surface area contributed by atoms with E-state index in [0.717, 1.165) is 58.1 Å². The van der Waals surface area contributed by atoms with Crippen LogP contribution in [0.25, 0.3) is 0 Å². The summed E-state index contributed by atoms with van der Waals surface area (Å²) in [6.45, 7) is 5.03. The summed E-state index contributed by atoms with van der Waals surface area (Å²) in [7, 11) is 0. The highest BCUT2D eigenvalue weighted by Gasteiger charge is 2.06. The number of esters is 1. The Morgan fingerprint density at radius 3 is 2.50 bits per heavy atom. The van der Waals surface area contributed by atoms with Gasteiger partial charge in [0.25, 0.3) is 0 Å². The maximum Gasteiger partial charge on any atom is 0.306 e. The highest BCUT2D eigenvalue weighted by Crippen LogP contribution is 2.18. The first-order chi connectivity index (χ1) is 15.5. The lowest BCUT2D eigenvalue weighted by Crippen LogP contribution is -2.18. The number of ether oxygens (including phenoxy) is 1. The van der Waals surface area contributed by atoms with Crippen LogP contribution >= 0.6 is 27.9 Å². The average molecular weight is 520 g/mol. The Morgan fingerprint density at radius 2 is 1.84 bits per heavy atom. The topological polar surface area (TPSA) is 88.7 Å². The molecule has 0 heterocycles. The third-order valence-electron chi connectivity index (χ3n) is 4.51. The van der Waals surface area contributed by atoms with Crippen molar-refractivity contribution in [1.29, 1.82) is 0 Å². The minimum Gasteiger partial charge on any atom is -0.461 e. The molecule has 0 saturated heterocycles. The summed E-state index contributed by atoms with van der Waals surface area (Å²) >= 11 is 4.82. The van der Waals surface area contributed by atoms with E-state index in [0.29, 0.717) is 13.0 Å². The number of nitrogens with one attached hydrogen (secondary N) is 2. The lowest BCUT2D eigenvalue weighted by Gasteiger charge is -2.12. The van der Waals surface area contributed by atoms with Crippen LogP contribution in [0.5, 0.6) is 0 Å². The Kier molecular flexibility index (Phi) is 11.9. The Bertz CT molecular complexity index is 902. The second kappa shape index (κ2) is 14.7. The van der Waals surface area contributed by atoms with Gasteiger partial charge in [-0.1, -0.05) is 53.2 Å². The van der Waals surface area contributed by atoms with Crippen molar-refractivity contribution in [3.05, 3.63) is 70.5 Å². The van der Waals surface area contributed by atoms with E-state index in [4.69, 9.17) is 9.88 Å². The number of nitrogens with zero attached hydrogens (tertiary/aromatic N) is 1. The zero-order valence-electron chi connectivity index (χ0n) is 18.6. The molecule has 0 aliphatic heterocycles. The molecule has 0 aliphatic carbocycles. The van der Waals surface area contributed by atoms with Crippen LogP contribution in [-0.4, -0.2) is 18.3 Å². The smallest absolute Gasteiger partial charge is 0.306 e. The molecule has 0 radical (unpaired) electrons. The summed E-state index contributed by atoms with van der Waals surface area (Å²) in [4.78, 5) is 17.6. The Balaban J connectivity index is 1.76. The van der Waals surface area contributed by atoms with Crippen LogP contribution in [-0.2, 0) is 16.1 Å². The number of amidine groups is 1. The number of anilines is 1. The van der Waals surface area contributed by atoms with Crippen LogP contribution in [0.3, 0.4) is 0 Å². The van der Waals surface area contributed by atoms with E-state index >= 15 is 0 Å². The predicted molar refractivity (Wildman–Crippen MR) is 138 cm³/mol. The molecular weight excluding hydrogens is 488 g/mol.